The number of allylic oxidation sites excluding steroid dienone is 1. The number of phenolic OH excluding ortho intramolecular Hbond substituents is 1. The molecule has 0 aromatic heterocycles. The Morgan fingerprint density at radius 3 is 2.64 bits per heavy atom. The smallest absolute Gasteiger partial charge is 0.337 e. The molecule has 1 heterocycles. The second-order valence-electron chi connectivity index (χ2n) is 4.61. The summed E-state index contributed by atoms with van der Waals surface area (Å²) in [6, 6.07) is 1.46. The maximum absolute atomic E-state index is 12.0. The first-order valence-electron chi connectivity index (χ1n) is 6.32. The summed E-state index contributed by atoms with van der Waals surface area (Å²) in [5.41, 5.74) is 0.736. The largest absolute Gasteiger partial charge is 0.504 e. The predicted octanol–water partition coefficient (Wildman–Crippen LogP) is 1.86. The van der Waals surface area contributed by atoms with Crippen molar-refractivity contribution in [3.05, 3.63) is 34.0 Å². The highest BCUT2D eigenvalue weighted by Gasteiger charge is 2.34. The Balaban J connectivity index is 2.63. The van der Waals surface area contributed by atoms with E-state index >= 15 is 0 Å². The molecule has 22 heavy (non-hydrogen) atoms. The Labute approximate surface area is 131 Å². The number of nitrogens with one attached hydrogen (secondary N) is 2. The lowest BCUT2D eigenvalue weighted by Gasteiger charge is -2.28. The quantitative estimate of drug-likeness (QED) is 0.737. The molecule has 118 valence electrons. The highest BCUT2D eigenvalue weighted by Crippen LogP contribution is 2.40. The van der Waals surface area contributed by atoms with Crippen LogP contribution in [0.25, 0.3) is 0 Å². The molecule has 1 atom stereocenters. The molecule has 8 heteroatoms. The number of benzene rings is 1. The minimum atomic E-state index is -0.909. The van der Waals surface area contributed by atoms with Crippen molar-refractivity contribution in [3.8, 4) is 11.5 Å². The van der Waals surface area contributed by atoms with Gasteiger partial charge in [0.15, 0.2) is 11.5 Å². The zero-order valence-electron chi connectivity index (χ0n) is 12.2. The summed E-state index contributed by atoms with van der Waals surface area (Å²) in [7, 11) is 2.60. The Hall–Kier alpha value is -2.41. The molecular weight excluding hydrogens is 312 g/mol. The van der Waals surface area contributed by atoms with Gasteiger partial charge in [0.2, 0.25) is 0 Å². The van der Waals surface area contributed by atoms with Gasteiger partial charge in [-0.15, -0.1) is 0 Å². The molecule has 1 aromatic rings. The summed E-state index contributed by atoms with van der Waals surface area (Å²) in [6.07, 6.45) is 0. The third-order valence-corrected chi connectivity index (χ3v) is 3.49. The van der Waals surface area contributed by atoms with Gasteiger partial charge in [-0.3, -0.25) is 0 Å². The fourth-order valence-corrected chi connectivity index (χ4v) is 2.49. The highest BCUT2D eigenvalue weighted by atomic mass is 35.5. The van der Waals surface area contributed by atoms with Gasteiger partial charge in [0.25, 0.3) is 0 Å². The van der Waals surface area contributed by atoms with Gasteiger partial charge in [-0.1, -0.05) is 11.6 Å². The number of carbonyl (C=O) groups excluding carboxylic acids is 2. The first-order chi connectivity index (χ1) is 10.4. The Kier molecular flexibility index (Phi) is 4.46. The van der Waals surface area contributed by atoms with E-state index < -0.39 is 18.0 Å². The van der Waals surface area contributed by atoms with Crippen molar-refractivity contribution in [3.63, 3.8) is 0 Å². The molecule has 0 aliphatic carbocycles. The lowest BCUT2D eigenvalue weighted by Crippen LogP contribution is -2.45. The molecule has 3 N–H and O–H groups in total. The van der Waals surface area contributed by atoms with Crippen molar-refractivity contribution in [1.82, 2.24) is 10.6 Å². The SMILES string of the molecule is COC(=O)C1=C(C)NC(=O)N[C@@H]1c1cc(Cl)cc(OC)c1O. The van der Waals surface area contributed by atoms with E-state index in [1.807, 2.05) is 0 Å². The van der Waals surface area contributed by atoms with E-state index in [9.17, 15) is 14.7 Å². The average molecular weight is 327 g/mol. The molecule has 0 saturated carbocycles. The van der Waals surface area contributed by atoms with Crippen LogP contribution in [0.4, 0.5) is 4.79 Å². The lowest BCUT2D eigenvalue weighted by molar-refractivity contribution is -0.136. The van der Waals surface area contributed by atoms with Crippen LogP contribution in [0.2, 0.25) is 5.02 Å². The third-order valence-electron chi connectivity index (χ3n) is 3.27. The maximum Gasteiger partial charge on any atom is 0.337 e. The van der Waals surface area contributed by atoms with Gasteiger partial charge in [-0.2, -0.15) is 0 Å². The molecule has 2 amide bonds. The van der Waals surface area contributed by atoms with Crippen LogP contribution in [0, 0.1) is 0 Å². The number of halogens is 1. The van der Waals surface area contributed by atoms with E-state index in [1.165, 1.54) is 26.4 Å². The monoisotopic (exact) mass is 326 g/mol. The molecule has 0 fully saturated rings. The van der Waals surface area contributed by atoms with Crippen LogP contribution in [0.5, 0.6) is 11.5 Å². The van der Waals surface area contributed by atoms with Gasteiger partial charge in [0.1, 0.15) is 0 Å². The van der Waals surface area contributed by atoms with Crippen LogP contribution in [0.1, 0.15) is 18.5 Å². The maximum atomic E-state index is 12.0. The van der Waals surface area contributed by atoms with Gasteiger partial charge >= 0.3 is 12.0 Å². The zero-order chi connectivity index (χ0) is 16.4. The number of urea groups is 1. The molecule has 0 spiro atoms. The van der Waals surface area contributed by atoms with Crippen LogP contribution >= 0.6 is 11.6 Å². The van der Waals surface area contributed by atoms with Crippen molar-refractivity contribution >= 4 is 23.6 Å². The standard InChI is InChI=1S/C14H15ClN2O5/c1-6-10(13(19)22-3)11(17-14(20)16-6)8-4-7(15)5-9(21-2)12(8)18/h4-5,11,18H,1-3H3,(H2,16,17,20)/t11-/m1/s1. The van der Waals surface area contributed by atoms with Crippen LogP contribution in [-0.2, 0) is 9.53 Å². The molecule has 0 bridgehead atoms. The van der Waals surface area contributed by atoms with E-state index in [0.717, 1.165) is 0 Å². The number of phenols is 1. The number of carbonyl (C=O) groups is 2. The normalized spacial score (nSPS) is 17.6. The predicted molar refractivity (Wildman–Crippen MR) is 78.8 cm³/mol. The summed E-state index contributed by atoms with van der Waals surface area (Å²) < 4.78 is 9.78. The number of hydrogen-bond acceptors (Lipinski definition) is 5. The molecule has 1 aliphatic rings. The number of esters is 1. The molecule has 7 nitrogen and oxygen atoms in total. The van der Waals surface area contributed by atoms with Crippen molar-refractivity contribution in [2.75, 3.05) is 14.2 Å². The fraction of sp³-hybridized carbons (Fsp3) is 0.286. The first-order valence-corrected chi connectivity index (χ1v) is 6.69. The van der Waals surface area contributed by atoms with Crippen LogP contribution in [0.15, 0.2) is 23.4 Å². The topological polar surface area (TPSA) is 96.9 Å². The summed E-state index contributed by atoms with van der Waals surface area (Å²) in [5.74, 6) is -0.709. The minimum absolute atomic E-state index is 0.136. The van der Waals surface area contributed by atoms with E-state index in [-0.39, 0.29) is 22.6 Å². The zero-order valence-corrected chi connectivity index (χ0v) is 12.9. The van der Waals surface area contributed by atoms with Gasteiger partial charge in [0.05, 0.1) is 25.8 Å². The van der Waals surface area contributed by atoms with Gasteiger partial charge in [-0.25, -0.2) is 9.59 Å². The van der Waals surface area contributed by atoms with Gasteiger partial charge in [0, 0.05) is 22.3 Å². The van der Waals surface area contributed by atoms with Crippen molar-refractivity contribution < 1.29 is 24.2 Å². The number of hydrogen-bond donors (Lipinski definition) is 3. The Morgan fingerprint density at radius 1 is 1.36 bits per heavy atom. The molecule has 2 rings (SSSR count). The van der Waals surface area contributed by atoms with Gasteiger partial charge in [-0.05, 0) is 13.0 Å². The summed E-state index contributed by atoms with van der Waals surface area (Å²) in [5, 5.41) is 15.6. The average Bonchev–Trinajstić information content (AvgIpc) is 2.47. The van der Waals surface area contributed by atoms with Crippen LogP contribution in [0.3, 0.4) is 0 Å². The highest BCUT2D eigenvalue weighted by molar-refractivity contribution is 6.30. The number of methoxy groups -OCH3 is 2. The minimum Gasteiger partial charge on any atom is -0.504 e. The summed E-state index contributed by atoms with van der Waals surface area (Å²) in [6.45, 7) is 1.57. The molecule has 1 aliphatic heterocycles. The summed E-state index contributed by atoms with van der Waals surface area (Å²) >= 11 is 6.00. The first kappa shape index (κ1) is 16.0. The molecule has 0 radical (unpaired) electrons. The second kappa shape index (κ2) is 6.15. The number of amides is 2. The molecule has 0 unspecified atom stereocenters. The van der Waals surface area contributed by atoms with E-state index in [4.69, 9.17) is 21.1 Å². The number of ether oxygens (including phenoxy) is 2. The molecule has 0 saturated heterocycles. The Bertz CT molecular complexity index is 671. The van der Waals surface area contributed by atoms with Crippen molar-refractivity contribution in [2.45, 2.75) is 13.0 Å². The van der Waals surface area contributed by atoms with Crippen LogP contribution in [-0.4, -0.2) is 31.3 Å². The molecule has 1 aromatic carbocycles. The van der Waals surface area contributed by atoms with Gasteiger partial charge < -0.3 is 25.2 Å². The lowest BCUT2D eigenvalue weighted by atomic mass is 9.94. The van der Waals surface area contributed by atoms with Crippen molar-refractivity contribution in [2.24, 2.45) is 0 Å². The van der Waals surface area contributed by atoms with E-state index in [2.05, 4.69) is 10.6 Å². The fourth-order valence-electron chi connectivity index (χ4n) is 2.28. The second-order valence-corrected chi connectivity index (χ2v) is 5.04. The summed E-state index contributed by atoms with van der Waals surface area (Å²) in [4.78, 5) is 23.7. The van der Waals surface area contributed by atoms with Crippen LogP contribution < -0.4 is 15.4 Å². The number of aromatic hydroxyl groups is 1. The van der Waals surface area contributed by atoms with E-state index in [1.54, 1.807) is 6.92 Å². The third kappa shape index (κ3) is 2.80. The number of rotatable bonds is 3. The van der Waals surface area contributed by atoms with E-state index in [0.29, 0.717) is 10.7 Å². The Morgan fingerprint density at radius 2 is 2.05 bits per heavy atom. The molecular formula is C14H15ClN2O5. The van der Waals surface area contributed by atoms with Crippen molar-refractivity contribution in [1.29, 1.82) is 0 Å².